The Bertz CT molecular complexity index is 779. The number of nitrogens with one attached hydrogen (secondary N) is 1. The van der Waals surface area contributed by atoms with Crippen molar-refractivity contribution < 1.29 is 28.7 Å². The number of hydrogen-bond donors (Lipinski definition) is 1. The minimum Gasteiger partial charge on any atom is -0.462 e. The summed E-state index contributed by atoms with van der Waals surface area (Å²) in [7, 11) is 0. The van der Waals surface area contributed by atoms with Crippen LogP contribution >= 0.6 is 11.8 Å². The van der Waals surface area contributed by atoms with Crippen molar-refractivity contribution in [3.8, 4) is 0 Å². The predicted octanol–water partition coefficient (Wildman–Crippen LogP) is 1.55. The molecule has 2 fully saturated rings. The number of rotatable bonds is 7. The molecule has 0 saturated carbocycles. The van der Waals surface area contributed by atoms with Gasteiger partial charge in [0.05, 0.1) is 32.1 Å². The number of amides is 3. The van der Waals surface area contributed by atoms with E-state index in [1.165, 1.54) is 4.90 Å². The standard InChI is InChI=1S/C19H23N3O6S/c1-2-28-18(25)13-3-5-14(6-4-13)20-16(23)11-15-17(24)22(19(26)29-15)12-21-7-9-27-10-8-21/h3-6,15H,2,7-12H2,1H3,(H,20,23)/t15-/m1/s1. The number of anilines is 1. The zero-order valence-corrected chi connectivity index (χ0v) is 16.9. The van der Waals surface area contributed by atoms with Crippen LogP contribution in [0.4, 0.5) is 10.5 Å². The van der Waals surface area contributed by atoms with E-state index in [1.54, 1.807) is 31.2 Å². The average Bonchev–Trinajstić information content (AvgIpc) is 2.97. The van der Waals surface area contributed by atoms with Gasteiger partial charge in [0, 0.05) is 25.2 Å². The highest BCUT2D eigenvalue weighted by Crippen LogP contribution is 2.29. The maximum absolute atomic E-state index is 12.6. The molecule has 0 aliphatic carbocycles. The van der Waals surface area contributed by atoms with Gasteiger partial charge in [0.2, 0.25) is 11.8 Å². The minimum absolute atomic E-state index is 0.103. The summed E-state index contributed by atoms with van der Waals surface area (Å²) in [5.41, 5.74) is 0.880. The van der Waals surface area contributed by atoms with Crippen LogP contribution in [0.1, 0.15) is 23.7 Å². The largest absolute Gasteiger partial charge is 0.462 e. The minimum atomic E-state index is -0.734. The average molecular weight is 421 g/mol. The molecule has 1 N–H and O–H groups in total. The molecule has 3 amide bonds. The molecule has 3 rings (SSSR count). The molecule has 1 aromatic rings. The topological polar surface area (TPSA) is 105 Å². The molecule has 1 atom stereocenters. The predicted molar refractivity (Wildman–Crippen MR) is 107 cm³/mol. The van der Waals surface area contributed by atoms with Crippen LogP contribution in [0.3, 0.4) is 0 Å². The van der Waals surface area contributed by atoms with Crippen molar-refractivity contribution in [3.05, 3.63) is 29.8 Å². The Morgan fingerprint density at radius 1 is 1.21 bits per heavy atom. The van der Waals surface area contributed by atoms with Gasteiger partial charge in [-0.25, -0.2) is 4.79 Å². The Morgan fingerprint density at radius 2 is 1.90 bits per heavy atom. The van der Waals surface area contributed by atoms with E-state index in [-0.39, 0.29) is 36.7 Å². The number of imide groups is 1. The third-order valence-electron chi connectivity index (χ3n) is 4.50. The first-order chi connectivity index (χ1) is 14.0. The van der Waals surface area contributed by atoms with Gasteiger partial charge in [-0.2, -0.15) is 0 Å². The fraction of sp³-hybridized carbons (Fsp3) is 0.474. The number of carbonyl (C=O) groups is 4. The summed E-state index contributed by atoms with van der Waals surface area (Å²) in [5, 5.41) is 1.62. The number of morpholine rings is 1. The van der Waals surface area contributed by atoms with E-state index in [9.17, 15) is 19.2 Å². The van der Waals surface area contributed by atoms with Gasteiger partial charge in [-0.05, 0) is 31.2 Å². The van der Waals surface area contributed by atoms with Crippen LogP contribution in [0.15, 0.2) is 24.3 Å². The van der Waals surface area contributed by atoms with Gasteiger partial charge in [0.15, 0.2) is 0 Å². The summed E-state index contributed by atoms with van der Waals surface area (Å²) < 4.78 is 10.2. The molecule has 10 heteroatoms. The third-order valence-corrected chi connectivity index (χ3v) is 5.58. The van der Waals surface area contributed by atoms with E-state index in [0.717, 1.165) is 11.8 Å². The van der Waals surface area contributed by atoms with E-state index in [4.69, 9.17) is 9.47 Å². The maximum atomic E-state index is 12.6. The van der Waals surface area contributed by atoms with Crippen molar-refractivity contribution in [2.45, 2.75) is 18.6 Å². The molecule has 1 aromatic carbocycles. The molecule has 0 bridgehead atoms. The van der Waals surface area contributed by atoms with E-state index < -0.39 is 11.2 Å². The van der Waals surface area contributed by atoms with Gasteiger partial charge < -0.3 is 14.8 Å². The van der Waals surface area contributed by atoms with E-state index in [2.05, 4.69) is 5.32 Å². The smallest absolute Gasteiger partial charge is 0.338 e. The first kappa shape index (κ1) is 21.3. The second-order valence-electron chi connectivity index (χ2n) is 6.56. The van der Waals surface area contributed by atoms with E-state index >= 15 is 0 Å². The lowest BCUT2D eigenvalue weighted by Crippen LogP contribution is -2.46. The summed E-state index contributed by atoms with van der Waals surface area (Å²) in [6, 6.07) is 6.28. The Balaban J connectivity index is 1.51. The van der Waals surface area contributed by atoms with E-state index in [1.807, 2.05) is 4.90 Å². The molecule has 0 aromatic heterocycles. The summed E-state index contributed by atoms with van der Waals surface area (Å²) in [5.74, 6) is -1.16. The van der Waals surface area contributed by atoms with Crippen molar-refractivity contribution in [1.82, 2.24) is 9.80 Å². The Hall–Kier alpha value is -2.43. The monoisotopic (exact) mass is 421 g/mol. The summed E-state index contributed by atoms with van der Waals surface area (Å²) >= 11 is 0.879. The van der Waals surface area contributed by atoms with Crippen molar-refractivity contribution in [2.24, 2.45) is 0 Å². The van der Waals surface area contributed by atoms with Crippen LogP contribution in [-0.2, 0) is 19.1 Å². The number of hydrogen-bond acceptors (Lipinski definition) is 8. The lowest BCUT2D eigenvalue weighted by molar-refractivity contribution is -0.130. The van der Waals surface area contributed by atoms with Crippen LogP contribution in [-0.4, -0.2) is 77.7 Å². The normalized spacial score (nSPS) is 20.0. The molecule has 29 heavy (non-hydrogen) atoms. The summed E-state index contributed by atoms with van der Waals surface area (Å²) in [4.78, 5) is 51.9. The Kier molecular flexibility index (Phi) is 7.24. The fourth-order valence-electron chi connectivity index (χ4n) is 2.98. The third kappa shape index (κ3) is 5.55. The molecule has 2 heterocycles. The van der Waals surface area contributed by atoms with Gasteiger partial charge in [0.25, 0.3) is 5.24 Å². The lowest BCUT2D eigenvalue weighted by atomic mass is 10.2. The summed E-state index contributed by atoms with van der Waals surface area (Å²) in [6.45, 7) is 4.70. The number of benzene rings is 1. The van der Waals surface area contributed by atoms with Crippen LogP contribution in [0.25, 0.3) is 0 Å². The lowest BCUT2D eigenvalue weighted by Gasteiger charge is -2.29. The Morgan fingerprint density at radius 3 is 2.55 bits per heavy atom. The second kappa shape index (κ2) is 9.86. The van der Waals surface area contributed by atoms with Crippen LogP contribution in [0.2, 0.25) is 0 Å². The number of ether oxygens (including phenoxy) is 2. The Labute approximate surface area is 172 Å². The zero-order chi connectivity index (χ0) is 20.8. The molecule has 0 radical (unpaired) electrons. The molecule has 2 saturated heterocycles. The summed E-state index contributed by atoms with van der Waals surface area (Å²) in [6.07, 6.45) is -0.103. The van der Waals surface area contributed by atoms with Crippen molar-refractivity contribution >= 4 is 40.5 Å². The van der Waals surface area contributed by atoms with Crippen LogP contribution < -0.4 is 5.32 Å². The maximum Gasteiger partial charge on any atom is 0.338 e. The zero-order valence-electron chi connectivity index (χ0n) is 16.1. The first-order valence-corrected chi connectivity index (χ1v) is 10.2. The SMILES string of the molecule is CCOC(=O)c1ccc(NC(=O)C[C@H]2SC(=O)N(CN3CCOCC3)C2=O)cc1. The van der Waals surface area contributed by atoms with Gasteiger partial charge in [-0.3, -0.25) is 24.2 Å². The van der Waals surface area contributed by atoms with Crippen LogP contribution in [0, 0.1) is 0 Å². The molecule has 0 spiro atoms. The molecule has 2 aliphatic rings. The van der Waals surface area contributed by atoms with Gasteiger partial charge in [0.1, 0.15) is 5.25 Å². The molecule has 9 nitrogen and oxygen atoms in total. The number of nitrogens with zero attached hydrogens (tertiary/aromatic N) is 2. The van der Waals surface area contributed by atoms with Gasteiger partial charge in [-0.1, -0.05) is 11.8 Å². The fourth-order valence-corrected chi connectivity index (χ4v) is 3.96. The second-order valence-corrected chi connectivity index (χ2v) is 7.71. The number of carbonyl (C=O) groups excluding carboxylic acids is 4. The van der Waals surface area contributed by atoms with Crippen molar-refractivity contribution in [1.29, 1.82) is 0 Å². The number of thioether (sulfide) groups is 1. The van der Waals surface area contributed by atoms with E-state index in [0.29, 0.717) is 37.6 Å². The highest BCUT2D eigenvalue weighted by atomic mass is 32.2. The van der Waals surface area contributed by atoms with Gasteiger partial charge >= 0.3 is 5.97 Å². The van der Waals surface area contributed by atoms with Crippen molar-refractivity contribution in [3.63, 3.8) is 0 Å². The quantitative estimate of drug-likeness (QED) is 0.661. The molecular weight excluding hydrogens is 398 g/mol. The highest BCUT2D eigenvalue weighted by molar-refractivity contribution is 8.15. The van der Waals surface area contributed by atoms with Crippen LogP contribution in [0.5, 0.6) is 0 Å². The molecule has 0 unspecified atom stereocenters. The molecular formula is C19H23N3O6S. The molecule has 2 aliphatic heterocycles. The first-order valence-electron chi connectivity index (χ1n) is 9.37. The van der Waals surface area contributed by atoms with Gasteiger partial charge in [-0.15, -0.1) is 0 Å². The van der Waals surface area contributed by atoms with Crippen molar-refractivity contribution in [2.75, 3.05) is 44.9 Å². The number of esters is 1. The highest BCUT2D eigenvalue weighted by Gasteiger charge is 2.41. The molecule has 156 valence electrons.